The van der Waals surface area contributed by atoms with Gasteiger partial charge in [0, 0.05) is 60.9 Å². The van der Waals surface area contributed by atoms with Crippen LogP contribution in [0.1, 0.15) is 50.7 Å². The van der Waals surface area contributed by atoms with Crippen molar-refractivity contribution >= 4 is 39.9 Å². The maximum atomic E-state index is 14.0. The van der Waals surface area contributed by atoms with E-state index in [4.69, 9.17) is 34.7 Å². The van der Waals surface area contributed by atoms with Gasteiger partial charge in [0.2, 0.25) is 5.91 Å². The van der Waals surface area contributed by atoms with Gasteiger partial charge in [-0.15, -0.1) is 0 Å². The summed E-state index contributed by atoms with van der Waals surface area (Å²) in [7, 11) is 0. The molecule has 3 aromatic carbocycles. The molecule has 0 aliphatic carbocycles. The van der Waals surface area contributed by atoms with Crippen LogP contribution in [0.5, 0.6) is 0 Å². The molecular weight excluding hydrogens is 577 g/mol. The molecule has 0 unspecified atom stereocenters. The number of nitrogens with two attached hydrogens (primary N) is 2. The number of hydrogen-bond donors (Lipinski definition) is 3. The summed E-state index contributed by atoms with van der Waals surface area (Å²) in [5.41, 5.74) is 14.5. The van der Waals surface area contributed by atoms with Gasteiger partial charge in [-0.3, -0.25) is 9.69 Å². The Hall–Kier alpha value is -2.19. The third-order valence-electron chi connectivity index (χ3n) is 8.47. The minimum atomic E-state index is -0.0769. The van der Waals surface area contributed by atoms with Gasteiger partial charge in [0.05, 0.1) is 6.42 Å². The van der Waals surface area contributed by atoms with Gasteiger partial charge in [-0.05, 0) is 72.2 Å². The molecule has 1 fully saturated rings. The summed E-state index contributed by atoms with van der Waals surface area (Å²) in [4.78, 5) is 18.7. The van der Waals surface area contributed by atoms with Gasteiger partial charge in [0.25, 0.3) is 0 Å². The molecule has 8 heteroatoms. The number of benzene rings is 3. The molecule has 6 nitrogen and oxygen atoms in total. The lowest BCUT2D eigenvalue weighted by Gasteiger charge is -2.48. The van der Waals surface area contributed by atoms with Gasteiger partial charge in [0.15, 0.2) is 0 Å². The minimum Gasteiger partial charge on any atom is -0.337 e. The number of nitrogens with one attached hydrogen (secondary N) is 1. The average molecular weight is 627 g/mol. The van der Waals surface area contributed by atoms with Gasteiger partial charge < -0.3 is 21.7 Å². The SMILES string of the molecule is CC(C)C[C@@H]1CN(C[C@@H](N)Cc2ccc(Cl)cc2Cl)[C@@H](CCCCNCCN)CN1C(=O)Cc1ccc2ccccc2c1. The van der Waals surface area contributed by atoms with Crippen LogP contribution in [-0.4, -0.2) is 73.1 Å². The van der Waals surface area contributed by atoms with Crippen LogP contribution in [0, 0.1) is 5.92 Å². The lowest BCUT2D eigenvalue weighted by Crippen LogP contribution is -2.62. The van der Waals surface area contributed by atoms with E-state index in [2.05, 4.69) is 59.3 Å². The molecule has 1 amide bonds. The van der Waals surface area contributed by atoms with E-state index in [0.717, 1.165) is 69.5 Å². The number of rotatable bonds is 15. The summed E-state index contributed by atoms with van der Waals surface area (Å²) in [6, 6.07) is 20.7. The third kappa shape index (κ3) is 10.2. The number of carbonyl (C=O) groups excluding carboxylic acids is 1. The number of nitrogens with zero attached hydrogens (tertiary/aromatic N) is 2. The molecule has 0 aromatic heterocycles. The molecule has 234 valence electrons. The molecule has 1 saturated heterocycles. The van der Waals surface area contributed by atoms with Crippen molar-refractivity contribution in [2.75, 3.05) is 39.3 Å². The zero-order valence-electron chi connectivity index (χ0n) is 25.8. The van der Waals surface area contributed by atoms with E-state index in [1.54, 1.807) is 6.07 Å². The van der Waals surface area contributed by atoms with Crippen molar-refractivity contribution in [3.63, 3.8) is 0 Å². The Bertz CT molecular complexity index is 1320. The quantitative estimate of drug-likeness (QED) is 0.183. The normalized spacial score (nSPS) is 18.4. The summed E-state index contributed by atoms with van der Waals surface area (Å²) in [6.45, 7) is 9.25. The lowest BCUT2D eigenvalue weighted by atomic mass is 9.93. The number of unbranched alkanes of at least 4 members (excludes halogenated alkanes) is 1. The van der Waals surface area contributed by atoms with E-state index in [9.17, 15) is 4.79 Å². The maximum Gasteiger partial charge on any atom is 0.227 e. The monoisotopic (exact) mass is 625 g/mol. The van der Waals surface area contributed by atoms with Crippen LogP contribution < -0.4 is 16.8 Å². The fourth-order valence-corrected chi connectivity index (χ4v) is 6.86. The first-order chi connectivity index (χ1) is 20.7. The second-order valence-corrected chi connectivity index (χ2v) is 13.4. The topological polar surface area (TPSA) is 87.6 Å². The zero-order valence-corrected chi connectivity index (χ0v) is 27.3. The fourth-order valence-electron chi connectivity index (χ4n) is 6.38. The van der Waals surface area contributed by atoms with Crippen LogP contribution in [0.3, 0.4) is 0 Å². The molecule has 3 aromatic rings. The van der Waals surface area contributed by atoms with Crippen molar-refractivity contribution in [2.24, 2.45) is 17.4 Å². The zero-order chi connectivity index (χ0) is 30.8. The van der Waals surface area contributed by atoms with E-state index in [1.165, 1.54) is 10.8 Å². The van der Waals surface area contributed by atoms with Crippen LogP contribution in [0.15, 0.2) is 60.7 Å². The number of fused-ring (bicyclic) bond motifs is 1. The molecule has 0 bridgehead atoms. The Morgan fingerprint density at radius 3 is 2.51 bits per heavy atom. The van der Waals surface area contributed by atoms with E-state index in [-0.39, 0.29) is 24.0 Å². The van der Waals surface area contributed by atoms with Gasteiger partial charge >= 0.3 is 0 Å². The first-order valence-corrected chi connectivity index (χ1v) is 16.6. The largest absolute Gasteiger partial charge is 0.337 e. The predicted octanol–water partition coefficient (Wildman–Crippen LogP) is 5.91. The number of amides is 1. The molecule has 3 atom stereocenters. The number of hydrogen-bond acceptors (Lipinski definition) is 5. The standard InChI is InChI=1S/C35H49Cl2N5O/c1-25(2)17-33-23-41(22-31(39)20-29-12-13-30(36)21-34(29)37)32(9-5-6-15-40-16-14-38)24-42(33)35(43)19-26-10-11-27-7-3-4-8-28(27)18-26/h3-4,7-8,10-13,18,21,25,31-33,40H,5-6,9,14-17,19-20,22-24,38-39H2,1-2H3/t31-,32-,33+/m0/s1. The van der Waals surface area contributed by atoms with Gasteiger partial charge in [-0.2, -0.15) is 0 Å². The second-order valence-electron chi connectivity index (χ2n) is 12.5. The van der Waals surface area contributed by atoms with E-state index < -0.39 is 0 Å². The highest BCUT2D eigenvalue weighted by Crippen LogP contribution is 2.27. The molecule has 0 radical (unpaired) electrons. The minimum absolute atomic E-state index is 0.0769. The summed E-state index contributed by atoms with van der Waals surface area (Å²) >= 11 is 12.6. The second kappa shape index (κ2) is 16.8. The summed E-state index contributed by atoms with van der Waals surface area (Å²) in [6.07, 6.45) is 5.25. The number of halogens is 2. The van der Waals surface area contributed by atoms with Crippen molar-refractivity contribution in [1.29, 1.82) is 0 Å². The maximum absolute atomic E-state index is 14.0. The van der Waals surface area contributed by atoms with Crippen molar-refractivity contribution in [3.05, 3.63) is 81.8 Å². The fraction of sp³-hybridized carbons (Fsp3) is 0.514. The summed E-state index contributed by atoms with van der Waals surface area (Å²) in [5.74, 6) is 0.696. The highest BCUT2D eigenvalue weighted by molar-refractivity contribution is 6.35. The van der Waals surface area contributed by atoms with Gasteiger partial charge in [0.1, 0.15) is 0 Å². The highest BCUT2D eigenvalue weighted by atomic mass is 35.5. The van der Waals surface area contributed by atoms with Gasteiger partial charge in [-0.1, -0.05) is 92.0 Å². The predicted molar refractivity (Wildman–Crippen MR) is 182 cm³/mol. The van der Waals surface area contributed by atoms with Crippen molar-refractivity contribution < 1.29 is 4.79 Å². The van der Waals surface area contributed by atoms with Crippen molar-refractivity contribution in [3.8, 4) is 0 Å². The molecule has 1 aliphatic rings. The molecule has 0 saturated carbocycles. The highest BCUT2D eigenvalue weighted by Gasteiger charge is 2.36. The Morgan fingerprint density at radius 1 is 0.977 bits per heavy atom. The van der Waals surface area contributed by atoms with E-state index in [0.29, 0.717) is 35.3 Å². The molecule has 4 rings (SSSR count). The molecule has 1 heterocycles. The van der Waals surface area contributed by atoms with Crippen molar-refractivity contribution in [2.45, 2.75) is 70.5 Å². The third-order valence-corrected chi connectivity index (χ3v) is 9.06. The summed E-state index contributed by atoms with van der Waals surface area (Å²) < 4.78 is 0. The Kier molecular flexibility index (Phi) is 13.1. The molecule has 1 aliphatic heterocycles. The van der Waals surface area contributed by atoms with Crippen molar-refractivity contribution in [1.82, 2.24) is 15.1 Å². The van der Waals surface area contributed by atoms with Crippen LogP contribution >= 0.6 is 23.2 Å². The number of carbonyl (C=O) groups is 1. The smallest absolute Gasteiger partial charge is 0.227 e. The van der Waals surface area contributed by atoms with E-state index in [1.807, 2.05) is 24.3 Å². The molecule has 5 N–H and O–H groups in total. The molecular formula is C35H49Cl2N5O. The first-order valence-electron chi connectivity index (χ1n) is 15.8. The van der Waals surface area contributed by atoms with E-state index >= 15 is 0 Å². The summed E-state index contributed by atoms with van der Waals surface area (Å²) in [5, 5.41) is 7.06. The lowest BCUT2D eigenvalue weighted by molar-refractivity contribution is -0.138. The van der Waals surface area contributed by atoms with Crippen LogP contribution in [0.25, 0.3) is 10.8 Å². The Balaban J connectivity index is 1.49. The molecule has 43 heavy (non-hydrogen) atoms. The Morgan fingerprint density at radius 2 is 1.77 bits per heavy atom. The Labute approximate surface area is 268 Å². The van der Waals surface area contributed by atoms with Gasteiger partial charge in [-0.25, -0.2) is 0 Å². The van der Waals surface area contributed by atoms with Crippen LogP contribution in [0.2, 0.25) is 10.0 Å². The van der Waals surface area contributed by atoms with Crippen LogP contribution in [0.4, 0.5) is 0 Å². The first kappa shape index (κ1) is 33.7. The number of piperazine rings is 1. The molecule has 0 spiro atoms. The van der Waals surface area contributed by atoms with Crippen LogP contribution in [-0.2, 0) is 17.6 Å². The average Bonchev–Trinajstić information content (AvgIpc) is 2.97.